The molecule has 2 heterocycles. The second-order valence-corrected chi connectivity index (χ2v) is 4.94. The van der Waals surface area contributed by atoms with Crippen LogP contribution in [0.2, 0.25) is 0 Å². The normalized spacial score (nSPS) is 18.8. The van der Waals surface area contributed by atoms with Crippen molar-refractivity contribution in [3.63, 3.8) is 0 Å². The van der Waals surface area contributed by atoms with Crippen LogP contribution in [0.3, 0.4) is 0 Å². The van der Waals surface area contributed by atoms with Gasteiger partial charge in [0, 0.05) is 24.9 Å². The summed E-state index contributed by atoms with van der Waals surface area (Å²) < 4.78 is 7.46. The van der Waals surface area contributed by atoms with E-state index in [2.05, 4.69) is 11.4 Å². The van der Waals surface area contributed by atoms with Crippen LogP contribution in [0.5, 0.6) is 0 Å². The topological polar surface area (TPSA) is 43.3 Å². The van der Waals surface area contributed by atoms with E-state index in [0.717, 1.165) is 30.4 Å². The highest BCUT2D eigenvalue weighted by atomic mass is 16.5. The summed E-state index contributed by atoms with van der Waals surface area (Å²) in [7, 11) is 0. The van der Waals surface area contributed by atoms with Crippen LogP contribution in [-0.4, -0.2) is 29.7 Å². The van der Waals surface area contributed by atoms with E-state index in [0.29, 0.717) is 13.1 Å². The van der Waals surface area contributed by atoms with Gasteiger partial charge in [-0.05, 0) is 30.4 Å². The summed E-state index contributed by atoms with van der Waals surface area (Å²) in [6.45, 7) is 1.81. The number of para-hydroxylation sites is 1. The maximum Gasteiger partial charge on any atom is 0.240 e. The molecule has 1 fully saturated rings. The van der Waals surface area contributed by atoms with E-state index >= 15 is 0 Å². The lowest BCUT2D eigenvalue weighted by molar-refractivity contribution is -0.122. The number of benzene rings is 1. The monoisotopic (exact) mass is 258 g/mol. The molecule has 0 saturated carbocycles. The Bertz CT molecular complexity index is 570. The van der Waals surface area contributed by atoms with E-state index in [4.69, 9.17) is 4.74 Å². The molecule has 1 amide bonds. The number of nitrogens with zero attached hydrogens (tertiary/aromatic N) is 1. The SMILES string of the molecule is O=C(Cn1ccc2ccccc21)NC[C@@H]1CCCO1. The van der Waals surface area contributed by atoms with Gasteiger partial charge in [0.25, 0.3) is 0 Å². The minimum absolute atomic E-state index is 0.0388. The average molecular weight is 258 g/mol. The predicted molar refractivity (Wildman–Crippen MR) is 73.9 cm³/mol. The molecule has 1 atom stereocenters. The van der Waals surface area contributed by atoms with Crippen molar-refractivity contribution in [3.05, 3.63) is 36.5 Å². The third kappa shape index (κ3) is 2.79. The summed E-state index contributed by atoms with van der Waals surface area (Å²) in [5.41, 5.74) is 1.09. The van der Waals surface area contributed by atoms with E-state index in [-0.39, 0.29) is 12.0 Å². The third-order valence-electron chi connectivity index (χ3n) is 3.55. The maximum atomic E-state index is 11.9. The van der Waals surface area contributed by atoms with Crippen molar-refractivity contribution < 1.29 is 9.53 Å². The Morgan fingerprint density at radius 1 is 1.37 bits per heavy atom. The molecule has 0 aliphatic carbocycles. The molecule has 4 heteroatoms. The number of fused-ring (bicyclic) bond motifs is 1. The van der Waals surface area contributed by atoms with Gasteiger partial charge in [-0.2, -0.15) is 0 Å². The highest BCUT2D eigenvalue weighted by molar-refractivity contribution is 5.83. The fourth-order valence-electron chi connectivity index (χ4n) is 2.52. The summed E-state index contributed by atoms with van der Waals surface area (Å²) >= 11 is 0. The van der Waals surface area contributed by atoms with Gasteiger partial charge in [0.15, 0.2) is 0 Å². The molecule has 0 bridgehead atoms. The smallest absolute Gasteiger partial charge is 0.240 e. The van der Waals surface area contributed by atoms with Gasteiger partial charge in [-0.1, -0.05) is 18.2 Å². The van der Waals surface area contributed by atoms with Gasteiger partial charge in [-0.3, -0.25) is 4.79 Å². The number of hydrogen-bond acceptors (Lipinski definition) is 2. The minimum atomic E-state index is 0.0388. The standard InChI is InChI=1S/C15H18N2O2/c18-15(16-10-13-5-3-9-19-13)11-17-8-7-12-4-1-2-6-14(12)17/h1-2,4,6-8,13H,3,5,9-11H2,(H,16,18)/t13-/m0/s1. The Kier molecular flexibility index (Phi) is 3.51. The van der Waals surface area contributed by atoms with Crippen molar-refractivity contribution in [2.24, 2.45) is 0 Å². The van der Waals surface area contributed by atoms with Gasteiger partial charge in [-0.15, -0.1) is 0 Å². The molecule has 1 saturated heterocycles. The maximum absolute atomic E-state index is 11.9. The molecular formula is C15H18N2O2. The molecule has 0 unspecified atom stereocenters. The van der Waals surface area contributed by atoms with Crippen molar-refractivity contribution in [2.75, 3.05) is 13.2 Å². The second-order valence-electron chi connectivity index (χ2n) is 4.94. The van der Waals surface area contributed by atoms with Crippen LogP contribution in [0.1, 0.15) is 12.8 Å². The van der Waals surface area contributed by atoms with E-state index in [1.807, 2.05) is 35.0 Å². The average Bonchev–Trinajstić information content (AvgIpc) is 3.07. The van der Waals surface area contributed by atoms with Gasteiger partial charge < -0.3 is 14.6 Å². The number of amides is 1. The summed E-state index contributed by atoms with van der Waals surface area (Å²) in [6.07, 6.45) is 4.30. The molecule has 3 rings (SSSR count). The fourth-order valence-corrected chi connectivity index (χ4v) is 2.52. The first-order valence-corrected chi connectivity index (χ1v) is 6.75. The number of ether oxygens (including phenoxy) is 1. The van der Waals surface area contributed by atoms with Crippen LogP contribution in [0.25, 0.3) is 10.9 Å². The Hall–Kier alpha value is -1.81. The number of aromatic nitrogens is 1. The molecule has 1 aromatic heterocycles. The lowest BCUT2D eigenvalue weighted by atomic mass is 10.2. The third-order valence-corrected chi connectivity index (χ3v) is 3.55. The molecule has 0 spiro atoms. The van der Waals surface area contributed by atoms with E-state index in [1.165, 1.54) is 0 Å². The summed E-state index contributed by atoms with van der Waals surface area (Å²) in [6, 6.07) is 10.1. The molecular weight excluding hydrogens is 240 g/mol. The quantitative estimate of drug-likeness (QED) is 0.910. The van der Waals surface area contributed by atoms with Crippen molar-refractivity contribution in [1.82, 2.24) is 9.88 Å². The molecule has 100 valence electrons. The molecule has 1 aliphatic rings. The Morgan fingerprint density at radius 2 is 2.26 bits per heavy atom. The van der Waals surface area contributed by atoms with E-state index in [9.17, 15) is 4.79 Å². The van der Waals surface area contributed by atoms with Crippen LogP contribution in [-0.2, 0) is 16.1 Å². The van der Waals surface area contributed by atoms with Crippen molar-refractivity contribution in [1.29, 1.82) is 0 Å². The summed E-state index contributed by atoms with van der Waals surface area (Å²) in [5.74, 6) is 0.0388. The van der Waals surface area contributed by atoms with Crippen molar-refractivity contribution >= 4 is 16.8 Å². The predicted octanol–water partition coefficient (Wildman–Crippen LogP) is 1.94. The van der Waals surface area contributed by atoms with E-state index < -0.39 is 0 Å². The lowest BCUT2D eigenvalue weighted by Gasteiger charge is -2.11. The number of rotatable bonds is 4. The molecule has 2 aromatic rings. The largest absolute Gasteiger partial charge is 0.376 e. The zero-order valence-electron chi connectivity index (χ0n) is 10.8. The van der Waals surface area contributed by atoms with Crippen LogP contribution in [0, 0.1) is 0 Å². The second kappa shape index (κ2) is 5.45. The first-order chi connectivity index (χ1) is 9.33. The van der Waals surface area contributed by atoms with E-state index in [1.54, 1.807) is 0 Å². The molecule has 19 heavy (non-hydrogen) atoms. The first-order valence-electron chi connectivity index (χ1n) is 6.75. The van der Waals surface area contributed by atoms with Crippen LogP contribution in [0.4, 0.5) is 0 Å². The number of carbonyl (C=O) groups excluding carboxylic acids is 1. The van der Waals surface area contributed by atoms with Gasteiger partial charge in [0.1, 0.15) is 6.54 Å². The Morgan fingerprint density at radius 3 is 3.11 bits per heavy atom. The van der Waals surface area contributed by atoms with Crippen molar-refractivity contribution in [3.8, 4) is 0 Å². The summed E-state index contributed by atoms with van der Waals surface area (Å²) in [4.78, 5) is 11.9. The molecule has 0 radical (unpaired) electrons. The molecule has 1 N–H and O–H groups in total. The highest BCUT2D eigenvalue weighted by Crippen LogP contribution is 2.15. The van der Waals surface area contributed by atoms with Crippen LogP contribution >= 0.6 is 0 Å². The number of hydrogen-bond donors (Lipinski definition) is 1. The number of nitrogens with one attached hydrogen (secondary N) is 1. The molecule has 1 aromatic carbocycles. The summed E-state index contributed by atoms with van der Waals surface area (Å²) in [5, 5.41) is 4.10. The first kappa shape index (κ1) is 12.2. The van der Waals surface area contributed by atoms with Crippen LogP contribution < -0.4 is 5.32 Å². The van der Waals surface area contributed by atoms with Gasteiger partial charge in [0.2, 0.25) is 5.91 Å². The zero-order valence-corrected chi connectivity index (χ0v) is 10.8. The van der Waals surface area contributed by atoms with Crippen LogP contribution in [0.15, 0.2) is 36.5 Å². The lowest BCUT2D eigenvalue weighted by Crippen LogP contribution is -2.33. The van der Waals surface area contributed by atoms with Gasteiger partial charge in [-0.25, -0.2) is 0 Å². The van der Waals surface area contributed by atoms with Gasteiger partial charge in [0.05, 0.1) is 6.10 Å². The molecule has 4 nitrogen and oxygen atoms in total. The minimum Gasteiger partial charge on any atom is -0.376 e. The Labute approximate surface area is 112 Å². The fraction of sp³-hybridized carbons (Fsp3) is 0.400. The Balaban J connectivity index is 1.59. The van der Waals surface area contributed by atoms with Crippen molar-refractivity contribution in [2.45, 2.75) is 25.5 Å². The zero-order chi connectivity index (χ0) is 13.1. The highest BCUT2D eigenvalue weighted by Gasteiger charge is 2.16. The van der Waals surface area contributed by atoms with Gasteiger partial charge >= 0.3 is 0 Å². The number of carbonyl (C=O) groups is 1. The molecule has 1 aliphatic heterocycles.